The van der Waals surface area contributed by atoms with E-state index < -0.39 is 0 Å². The van der Waals surface area contributed by atoms with Crippen molar-refractivity contribution in [1.82, 2.24) is 15.2 Å². The molecule has 2 heterocycles. The minimum Gasteiger partial charge on any atom is -0.492 e. The number of nitrogens with zero attached hydrogens (tertiary/aromatic N) is 2. The van der Waals surface area contributed by atoms with Crippen molar-refractivity contribution in [3.63, 3.8) is 0 Å². The lowest BCUT2D eigenvalue weighted by Crippen LogP contribution is -2.09. The van der Waals surface area contributed by atoms with Gasteiger partial charge in [0, 0.05) is 11.8 Å². The molecule has 0 aliphatic carbocycles. The van der Waals surface area contributed by atoms with Gasteiger partial charge < -0.3 is 4.74 Å². The van der Waals surface area contributed by atoms with Crippen LogP contribution in [0.25, 0.3) is 11.0 Å². The second-order valence-corrected chi connectivity index (χ2v) is 5.48. The molecular weight excluding hydrogens is 290 g/mol. The van der Waals surface area contributed by atoms with Crippen molar-refractivity contribution < 1.29 is 9.53 Å². The van der Waals surface area contributed by atoms with Crippen LogP contribution in [0.5, 0.6) is 5.75 Å². The molecule has 5 nitrogen and oxygen atoms in total. The van der Waals surface area contributed by atoms with Gasteiger partial charge in [-0.25, -0.2) is 4.98 Å². The number of H-pyrrole nitrogens is 1. The van der Waals surface area contributed by atoms with Crippen LogP contribution < -0.4 is 4.74 Å². The van der Waals surface area contributed by atoms with E-state index in [1.807, 2.05) is 31.2 Å². The molecule has 0 amide bonds. The summed E-state index contributed by atoms with van der Waals surface area (Å²) >= 11 is 0. The molecule has 1 N–H and O–H groups in total. The Balaban J connectivity index is 2.07. The summed E-state index contributed by atoms with van der Waals surface area (Å²) in [5.74, 6) is 0.482. The highest BCUT2D eigenvalue weighted by molar-refractivity contribution is 6.13. The lowest BCUT2D eigenvalue weighted by Gasteiger charge is -2.12. The summed E-state index contributed by atoms with van der Waals surface area (Å²) < 4.78 is 5.91. The number of aryl methyl sites for hydroxylation is 1. The maximum absolute atomic E-state index is 12.9. The Hall–Kier alpha value is -2.69. The van der Waals surface area contributed by atoms with E-state index >= 15 is 0 Å². The summed E-state index contributed by atoms with van der Waals surface area (Å²) in [6.07, 6.45) is 5.18. The normalized spacial score (nSPS) is 10.9. The number of carbonyl (C=O) groups is 1. The SMILES string of the molecule is CCCCOc1c(C(=O)c2ccccc2C)cnc2[nH]ncc12. The molecule has 0 saturated carbocycles. The Morgan fingerprint density at radius 1 is 1.22 bits per heavy atom. The Morgan fingerprint density at radius 2 is 2.04 bits per heavy atom. The summed E-state index contributed by atoms with van der Waals surface area (Å²) in [5, 5.41) is 7.55. The van der Waals surface area contributed by atoms with E-state index in [-0.39, 0.29) is 5.78 Å². The van der Waals surface area contributed by atoms with Gasteiger partial charge in [-0.05, 0) is 18.9 Å². The number of aromatic amines is 1. The molecule has 0 unspecified atom stereocenters. The van der Waals surface area contributed by atoms with Crippen molar-refractivity contribution in [1.29, 1.82) is 0 Å². The molecule has 0 aliphatic rings. The van der Waals surface area contributed by atoms with Gasteiger partial charge in [0.15, 0.2) is 11.4 Å². The van der Waals surface area contributed by atoms with E-state index in [0.29, 0.717) is 29.1 Å². The number of aromatic nitrogens is 3. The minimum atomic E-state index is -0.0785. The van der Waals surface area contributed by atoms with Crippen LogP contribution in [0.3, 0.4) is 0 Å². The largest absolute Gasteiger partial charge is 0.492 e. The van der Waals surface area contributed by atoms with Gasteiger partial charge in [0.25, 0.3) is 0 Å². The average molecular weight is 309 g/mol. The Bertz CT molecular complexity index is 839. The number of hydrogen-bond acceptors (Lipinski definition) is 4. The Labute approximate surface area is 134 Å². The Morgan fingerprint density at radius 3 is 2.83 bits per heavy atom. The third kappa shape index (κ3) is 2.95. The summed E-state index contributed by atoms with van der Waals surface area (Å²) in [5.41, 5.74) is 2.70. The Kier molecular flexibility index (Phi) is 4.37. The molecule has 0 bridgehead atoms. The quantitative estimate of drug-likeness (QED) is 0.557. The number of pyridine rings is 1. The zero-order valence-corrected chi connectivity index (χ0v) is 13.3. The predicted molar refractivity (Wildman–Crippen MR) is 88.9 cm³/mol. The number of unbranched alkanes of at least 4 members (excludes halogenated alkanes) is 1. The van der Waals surface area contributed by atoms with Gasteiger partial charge >= 0.3 is 0 Å². The fourth-order valence-electron chi connectivity index (χ4n) is 2.49. The maximum atomic E-state index is 12.9. The zero-order valence-electron chi connectivity index (χ0n) is 13.3. The summed E-state index contributed by atoms with van der Waals surface area (Å²) in [6, 6.07) is 7.53. The highest BCUT2D eigenvalue weighted by Crippen LogP contribution is 2.29. The number of benzene rings is 1. The van der Waals surface area contributed by atoms with Crippen LogP contribution in [0.4, 0.5) is 0 Å². The number of ether oxygens (including phenoxy) is 1. The van der Waals surface area contributed by atoms with E-state index in [0.717, 1.165) is 23.8 Å². The molecule has 0 aliphatic heterocycles. The number of carbonyl (C=O) groups excluding carboxylic acids is 1. The smallest absolute Gasteiger partial charge is 0.198 e. The van der Waals surface area contributed by atoms with Crippen molar-refractivity contribution in [2.45, 2.75) is 26.7 Å². The van der Waals surface area contributed by atoms with Crippen LogP contribution in [0.1, 0.15) is 41.3 Å². The van der Waals surface area contributed by atoms with Crippen LogP contribution in [-0.2, 0) is 0 Å². The van der Waals surface area contributed by atoms with E-state index in [1.54, 1.807) is 12.4 Å². The molecule has 2 aromatic heterocycles. The molecule has 3 aromatic rings. The fourth-order valence-corrected chi connectivity index (χ4v) is 2.49. The van der Waals surface area contributed by atoms with E-state index in [2.05, 4.69) is 22.1 Å². The first-order valence-electron chi connectivity index (χ1n) is 7.77. The van der Waals surface area contributed by atoms with Crippen LogP contribution >= 0.6 is 0 Å². The third-order valence-corrected chi connectivity index (χ3v) is 3.81. The molecule has 0 radical (unpaired) electrons. The number of rotatable bonds is 6. The van der Waals surface area contributed by atoms with Gasteiger partial charge in [-0.1, -0.05) is 37.6 Å². The van der Waals surface area contributed by atoms with Crippen LogP contribution in [0.2, 0.25) is 0 Å². The first kappa shape index (κ1) is 15.2. The number of nitrogens with one attached hydrogen (secondary N) is 1. The van der Waals surface area contributed by atoms with Crippen molar-refractivity contribution in [3.8, 4) is 5.75 Å². The van der Waals surface area contributed by atoms with Crippen LogP contribution in [-0.4, -0.2) is 27.6 Å². The monoisotopic (exact) mass is 309 g/mol. The van der Waals surface area contributed by atoms with Crippen molar-refractivity contribution in [2.24, 2.45) is 0 Å². The van der Waals surface area contributed by atoms with Crippen LogP contribution in [0.15, 0.2) is 36.7 Å². The second kappa shape index (κ2) is 6.60. The van der Waals surface area contributed by atoms with Gasteiger partial charge in [-0.2, -0.15) is 5.10 Å². The highest BCUT2D eigenvalue weighted by atomic mass is 16.5. The molecule has 0 saturated heterocycles. The van der Waals surface area contributed by atoms with Gasteiger partial charge in [0.05, 0.1) is 23.8 Å². The van der Waals surface area contributed by atoms with Crippen molar-refractivity contribution in [2.75, 3.05) is 6.61 Å². The molecule has 23 heavy (non-hydrogen) atoms. The molecule has 0 spiro atoms. The van der Waals surface area contributed by atoms with Gasteiger partial charge in [-0.15, -0.1) is 0 Å². The lowest BCUT2D eigenvalue weighted by molar-refractivity contribution is 0.103. The van der Waals surface area contributed by atoms with Crippen LogP contribution in [0, 0.1) is 6.92 Å². The van der Waals surface area contributed by atoms with E-state index in [9.17, 15) is 4.79 Å². The summed E-state index contributed by atoms with van der Waals surface area (Å²) in [7, 11) is 0. The van der Waals surface area contributed by atoms with Crippen molar-refractivity contribution >= 4 is 16.8 Å². The predicted octanol–water partition coefficient (Wildman–Crippen LogP) is 3.68. The zero-order chi connectivity index (χ0) is 16.2. The molecule has 0 fully saturated rings. The lowest BCUT2D eigenvalue weighted by atomic mass is 9.99. The highest BCUT2D eigenvalue weighted by Gasteiger charge is 2.20. The molecular formula is C18H19N3O2. The summed E-state index contributed by atoms with van der Waals surface area (Å²) in [6.45, 7) is 4.59. The maximum Gasteiger partial charge on any atom is 0.198 e. The molecule has 5 heteroatoms. The van der Waals surface area contributed by atoms with Crippen molar-refractivity contribution in [3.05, 3.63) is 53.3 Å². The number of ketones is 1. The standard InChI is InChI=1S/C18H19N3O2/c1-3-4-9-23-17-14(10-19-18-15(17)11-20-21-18)16(22)13-8-6-5-7-12(13)2/h5-8,10-11H,3-4,9H2,1-2H3,(H,19,20,21). The second-order valence-electron chi connectivity index (χ2n) is 5.48. The van der Waals surface area contributed by atoms with E-state index in [4.69, 9.17) is 4.74 Å². The third-order valence-electron chi connectivity index (χ3n) is 3.81. The first-order valence-corrected chi connectivity index (χ1v) is 7.77. The van der Waals surface area contributed by atoms with Gasteiger partial charge in [-0.3, -0.25) is 9.89 Å². The number of hydrogen-bond donors (Lipinski definition) is 1. The summed E-state index contributed by atoms with van der Waals surface area (Å²) in [4.78, 5) is 17.2. The fraction of sp³-hybridized carbons (Fsp3) is 0.278. The van der Waals surface area contributed by atoms with Gasteiger partial charge in [0.2, 0.25) is 0 Å². The molecule has 0 atom stereocenters. The minimum absolute atomic E-state index is 0.0785. The van der Waals surface area contributed by atoms with E-state index in [1.165, 1.54) is 0 Å². The first-order chi connectivity index (χ1) is 11.2. The average Bonchev–Trinajstić information content (AvgIpc) is 3.04. The molecule has 3 rings (SSSR count). The molecule has 118 valence electrons. The number of fused-ring (bicyclic) bond motifs is 1. The molecule has 1 aromatic carbocycles. The topological polar surface area (TPSA) is 67.9 Å². The van der Waals surface area contributed by atoms with Gasteiger partial charge in [0.1, 0.15) is 5.75 Å².